The van der Waals surface area contributed by atoms with Crippen LogP contribution in [0.15, 0.2) is 219 Å². The summed E-state index contributed by atoms with van der Waals surface area (Å²) < 4.78 is 0. The van der Waals surface area contributed by atoms with E-state index in [2.05, 4.69) is 222 Å². The van der Waals surface area contributed by atoms with Crippen LogP contribution in [0.5, 0.6) is 0 Å². The summed E-state index contributed by atoms with van der Waals surface area (Å²) in [5.41, 5.74) is 18.1. The SMILES string of the molecule is Cc1ccc(C2(c3ccccc3)c3cc(-c4cncnc4)ccc3-c3c(N(c4ccc(-c5ccccc5)cc4)c4ccc(-c5ccccc5)cc4)cccc32)cc1. The zero-order chi connectivity index (χ0) is 38.2. The maximum atomic E-state index is 4.39. The average Bonchev–Trinajstić information content (AvgIpc) is 3.59. The number of benzene rings is 8. The summed E-state index contributed by atoms with van der Waals surface area (Å²) in [5, 5.41) is 0. The highest BCUT2D eigenvalue weighted by molar-refractivity contribution is 5.98. The molecule has 8 aromatic carbocycles. The van der Waals surface area contributed by atoms with Gasteiger partial charge in [-0.25, -0.2) is 9.97 Å². The second-order valence-electron chi connectivity index (χ2n) is 14.7. The summed E-state index contributed by atoms with van der Waals surface area (Å²) in [7, 11) is 0. The number of nitrogens with zero attached hydrogens (tertiary/aromatic N) is 3. The van der Waals surface area contributed by atoms with Crippen LogP contribution in [0.25, 0.3) is 44.5 Å². The van der Waals surface area contributed by atoms with Crippen molar-refractivity contribution in [1.29, 1.82) is 0 Å². The third kappa shape index (κ3) is 5.92. The second kappa shape index (κ2) is 14.4. The molecule has 0 bridgehead atoms. The van der Waals surface area contributed by atoms with E-state index in [0.717, 1.165) is 28.2 Å². The Bertz CT molecular complexity index is 2720. The quantitative estimate of drug-likeness (QED) is 0.156. The molecule has 1 heterocycles. The van der Waals surface area contributed by atoms with Gasteiger partial charge >= 0.3 is 0 Å². The Morgan fingerprint density at radius 1 is 0.404 bits per heavy atom. The van der Waals surface area contributed by atoms with Gasteiger partial charge in [0, 0.05) is 34.9 Å². The van der Waals surface area contributed by atoms with Crippen molar-refractivity contribution in [1.82, 2.24) is 9.97 Å². The minimum Gasteiger partial charge on any atom is -0.310 e. The standard InChI is InChI=1S/C54H39N3/c1-38-20-27-46(28-21-38)54(45-16-9-4-10-17-45)50-18-11-19-52(53(50)49-33-26-43(34-51(49)54)44-35-55-37-56-36-44)57(47-29-22-41(23-30-47)39-12-5-2-6-13-39)48-31-24-42(25-32-48)40-14-7-3-8-15-40/h2-37H,1H3. The highest BCUT2D eigenvalue weighted by Crippen LogP contribution is 2.60. The summed E-state index contributed by atoms with van der Waals surface area (Å²) in [6, 6.07) is 73.0. The second-order valence-corrected chi connectivity index (χ2v) is 14.7. The first kappa shape index (κ1) is 34.2. The molecule has 0 aliphatic heterocycles. The lowest BCUT2D eigenvalue weighted by molar-refractivity contribution is 0.768. The lowest BCUT2D eigenvalue weighted by Crippen LogP contribution is -2.28. The largest absolute Gasteiger partial charge is 0.310 e. The number of aryl methyl sites for hydroxylation is 1. The molecular formula is C54H39N3. The molecule has 57 heavy (non-hydrogen) atoms. The van der Waals surface area contributed by atoms with Gasteiger partial charge in [-0.2, -0.15) is 0 Å². The van der Waals surface area contributed by atoms with Crippen molar-refractivity contribution in [3.8, 4) is 44.5 Å². The van der Waals surface area contributed by atoms with Crippen LogP contribution in [0.1, 0.15) is 27.8 Å². The molecule has 1 aliphatic rings. The molecule has 0 saturated carbocycles. The fourth-order valence-electron chi connectivity index (χ4n) is 8.74. The zero-order valence-electron chi connectivity index (χ0n) is 31.6. The minimum absolute atomic E-state index is 0.596. The topological polar surface area (TPSA) is 29.0 Å². The predicted octanol–water partition coefficient (Wildman–Crippen LogP) is 13.6. The maximum Gasteiger partial charge on any atom is 0.115 e. The van der Waals surface area contributed by atoms with Gasteiger partial charge in [-0.1, -0.05) is 169 Å². The van der Waals surface area contributed by atoms with Crippen LogP contribution in [0, 0.1) is 6.92 Å². The Hall–Kier alpha value is -7.36. The van der Waals surface area contributed by atoms with Crippen LogP contribution in [-0.2, 0) is 5.41 Å². The Morgan fingerprint density at radius 3 is 1.49 bits per heavy atom. The van der Waals surface area contributed by atoms with Gasteiger partial charge < -0.3 is 4.90 Å². The average molecular weight is 730 g/mol. The van der Waals surface area contributed by atoms with Gasteiger partial charge in [0.05, 0.1) is 11.1 Å². The van der Waals surface area contributed by atoms with Crippen molar-refractivity contribution in [3.63, 3.8) is 0 Å². The van der Waals surface area contributed by atoms with Crippen molar-refractivity contribution in [2.75, 3.05) is 4.90 Å². The zero-order valence-corrected chi connectivity index (χ0v) is 31.6. The summed E-state index contributed by atoms with van der Waals surface area (Å²) >= 11 is 0. The van der Waals surface area contributed by atoms with Crippen molar-refractivity contribution >= 4 is 17.1 Å². The van der Waals surface area contributed by atoms with Crippen molar-refractivity contribution in [3.05, 3.63) is 247 Å². The van der Waals surface area contributed by atoms with E-state index >= 15 is 0 Å². The molecule has 0 radical (unpaired) electrons. The number of rotatable bonds is 8. The van der Waals surface area contributed by atoms with Gasteiger partial charge in [0.2, 0.25) is 0 Å². The highest BCUT2D eigenvalue weighted by Gasteiger charge is 2.47. The van der Waals surface area contributed by atoms with E-state index in [0.29, 0.717) is 0 Å². The summed E-state index contributed by atoms with van der Waals surface area (Å²) in [4.78, 5) is 11.2. The summed E-state index contributed by atoms with van der Waals surface area (Å²) in [6.07, 6.45) is 5.39. The van der Waals surface area contributed by atoms with Crippen molar-refractivity contribution in [2.45, 2.75) is 12.3 Å². The van der Waals surface area contributed by atoms with E-state index in [-0.39, 0.29) is 0 Å². The van der Waals surface area contributed by atoms with Crippen LogP contribution in [0.3, 0.4) is 0 Å². The molecule has 1 atom stereocenters. The number of hydrogen-bond acceptors (Lipinski definition) is 3. The summed E-state index contributed by atoms with van der Waals surface area (Å²) in [6.45, 7) is 2.16. The highest BCUT2D eigenvalue weighted by atomic mass is 15.1. The smallest absolute Gasteiger partial charge is 0.115 e. The van der Waals surface area contributed by atoms with E-state index < -0.39 is 5.41 Å². The fraction of sp³-hybridized carbons (Fsp3) is 0.0370. The van der Waals surface area contributed by atoms with Crippen LogP contribution in [0.2, 0.25) is 0 Å². The van der Waals surface area contributed by atoms with Gasteiger partial charge in [-0.3, -0.25) is 0 Å². The Labute approximate surface area is 334 Å². The van der Waals surface area contributed by atoms with Crippen LogP contribution in [0.4, 0.5) is 17.1 Å². The minimum atomic E-state index is -0.596. The predicted molar refractivity (Wildman–Crippen MR) is 235 cm³/mol. The number of aromatic nitrogens is 2. The van der Waals surface area contributed by atoms with Crippen LogP contribution >= 0.6 is 0 Å². The molecule has 3 nitrogen and oxygen atoms in total. The van der Waals surface area contributed by atoms with Gasteiger partial charge in [-0.05, 0) is 99.0 Å². The molecule has 0 N–H and O–H groups in total. The Kier molecular flexibility index (Phi) is 8.61. The number of hydrogen-bond donors (Lipinski definition) is 0. The lowest BCUT2D eigenvalue weighted by Gasteiger charge is -2.35. The molecule has 0 fully saturated rings. The van der Waals surface area contributed by atoms with Crippen LogP contribution < -0.4 is 4.90 Å². The van der Waals surface area contributed by atoms with Crippen LogP contribution in [-0.4, -0.2) is 9.97 Å². The van der Waals surface area contributed by atoms with Crippen molar-refractivity contribution in [2.24, 2.45) is 0 Å². The third-order valence-corrected chi connectivity index (χ3v) is 11.4. The molecule has 10 rings (SSSR count). The Morgan fingerprint density at radius 2 is 0.912 bits per heavy atom. The molecule has 1 aromatic heterocycles. The van der Waals surface area contributed by atoms with Gasteiger partial charge in [0.1, 0.15) is 6.33 Å². The monoisotopic (exact) mass is 729 g/mol. The third-order valence-electron chi connectivity index (χ3n) is 11.4. The van der Waals surface area contributed by atoms with Gasteiger partial charge in [0.15, 0.2) is 0 Å². The Balaban J connectivity index is 1.25. The van der Waals surface area contributed by atoms with E-state index in [9.17, 15) is 0 Å². The van der Waals surface area contributed by atoms with E-state index in [1.54, 1.807) is 6.33 Å². The fourth-order valence-corrected chi connectivity index (χ4v) is 8.74. The molecule has 0 amide bonds. The molecule has 1 aliphatic carbocycles. The van der Waals surface area contributed by atoms with E-state index in [4.69, 9.17) is 0 Å². The first-order chi connectivity index (χ1) is 28.2. The number of anilines is 3. The molecule has 3 heteroatoms. The van der Waals surface area contributed by atoms with E-state index in [1.807, 2.05) is 12.4 Å². The van der Waals surface area contributed by atoms with Gasteiger partial charge in [-0.15, -0.1) is 0 Å². The molecular weight excluding hydrogens is 691 g/mol. The maximum absolute atomic E-state index is 4.39. The molecule has 0 spiro atoms. The molecule has 1 unspecified atom stereocenters. The summed E-state index contributed by atoms with van der Waals surface area (Å²) in [5.74, 6) is 0. The molecule has 9 aromatic rings. The number of fused-ring (bicyclic) bond motifs is 3. The van der Waals surface area contributed by atoms with Gasteiger partial charge in [0.25, 0.3) is 0 Å². The van der Waals surface area contributed by atoms with Crippen molar-refractivity contribution < 1.29 is 0 Å². The normalized spacial score (nSPS) is 14.1. The van der Waals surface area contributed by atoms with E-state index in [1.165, 1.54) is 61.2 Å². The molecule has 270 valence electrons. The lowest BCUT2D eigenvalue weighted by atomic mass is 9.67. The first-order valence-corrected chi connectivity index (χ1v) is 19.5. The first-order valence-electron chi connectivity index (χ1n) is 19.5. The molecule has 0 saturated heterocycles.